The summed E-state index contributed by atoms with van der Waals surface area (Å²) in [5, 5.41) is 2.85. The third-order valence-corrected chi connectivity index (χ3v) is 4.27. The van der Waals surface area contributed by atoms with E-state index >= 15 is 0 Å². The molecule has 2 rings (SSSR count). The molecule has 1 aliphatic carbocycles. The van der Waals surface area contributed by atoms with Gasteiger partial charge in [-0.25, -0.2) is 0 Å². The number of rotatable bonds is 5. The van der Waals surface area contributed by atoms with Gasteiger partial charge in [0.2, 0.25) is 5.91 Å². The Labute approximate surface area is 127 Å². The lowest BCUT2D eigenvalue weighted by Crippen LogP contribution is -2.32. The summed E-state index contributed by atoms with van der Waals surface area (Å²) < 4.78 is 0. The first kappa shape index (κ1) is 15.4. The number of amides is 1. The maximum absolute atomic E-state index is 11.4. The van der Waals surface area contributed by atoms with Crippen molar-refractivity contribution in [2.45, 2.75) is 44.7 Å². The average Bonchev–Trinajstić information content (AvgIpc) is 2.48. The van der Waals surface area contributed by atoms with Gasteiger partial charge >= 0.3 is 0 Å². The molecule has 0 unspecified atom stereocenters. The zero-order valence-electron chi connectivity index (χ0n) is 12.1. The second-order valence-electron chi connectivity index (χ2n) is 5.61. The van der Waals surface area contributed by atoms with Gasteiger partial charge in [-0.3, -0.25) is 9.69 Å². The van der Waals surface area contributed by atoms with E-state index in [9.17, 15) is 4.79 Å². The molecule has 3 nitrogen and oxygen atoms in total. The molecule has 0 heterocycles. The number of hydrogen-bond acceptors (Lipinski definition) is 3. The van der Waals surface area contributed by atoms with E-state index in [2.05, 4.69) is 42.0 Å². The number of thiol groups is 1. The SMILES string of the molecule is CN(Cc1cccc(NC(=O)CS)c1)C1CCCCC1. The normalized spacial score (nSPS) is 16.4. The first-order valence-corrected chi connectivity index (χ1v) is 8.02. The zero-order chi connectivity index (χ0) is 14.4. The average molecular weight is 292 g/mol. The van der Waals surface area contributed by atoms with E-state index in [0.717, 1.165) is 12.2 Å². The Morgan fingerprint density at radius 2 is 2.10 bits per heavy atom. The highest BCUT2D eigenvalue weighted by Crippen LogP contribution is 2.23. The molecule has 0 aliphatic heterocycles. The van der Waals surface area contributed by atoms with Crippen LogP contribution in [-0.4, -0.2) is 29.6 Å². The van der Waals surface area contributed by atoms with Crippen LogP contribution >= 0.6 is 12.6 Å². The zero-order valence-corrected chi connectivity index (χ0v) is 13.0. The number of nitrogens with one attached hydrogen (secondary N) is 1. The van der Waals surface area contributed by atoms with Crippen LogP contribution < -0.4 is 5.32 Å². The molecule has 1 saturated carbocycles. The Morgan fingerprint density at radius 1 is 1.35 bits per heavy atom. The highest BCUT2D eigenvalue weighted by molar-refractivity contribution is 7.81. The fourth-order valence-electron chi connectivity index (χ4n) is 2.89. The van der Waals surface area contributed by atoms with Crippen molar-refractivity contribution in [3.05, 3.63) is 29.8 Å². The van der Waals surface area contributed by atoms with E-state index in [1.807, 2.05) is 12.1 Å². The molecule has 0 aromatic heterocycles. The van der Waals surface area contributed by atoms with Crippen molar-refractivity contribution < 1.29 is 4.79 Å². The summed E-state index contributed by atoms with van der Waals surface area (Å²) in [6, 6.07) is 8.80. The van der Waals surface area contributed by atoms with Crippen LogP contribution in [0, 0.1) is 0 Å². The first-order valence-electron chi connectivity index (χ1n) is 7.39. The molecule has 0 radical (unpaired) electrons. The van der Waals surface area contributed by atoms with Crippen LogP contribution in [0.2, 0.25) is 0 Å². The second-order valence-corrected chi connectivity index (χ2v) is 5.93. The molecule has 0 saturated heterocycles. The van der Waals surface area contributed by atoms with Crippen molar-refractivity contribution in [1.29, 1.82) is 0 Å². The Bertz CT molecular complexity index is 444. The van der Waals surface area contributed by atoms with E-state index in [-0.39, 0.29) is 11.7 Å². The summed E-state index contributed by atoms with van der Waals surface area (Å²) in [5.74, 6) is 0.151. The van der Waals surface area contributed by atoms with Gasteiger partial charge in [0.05, 0.1) is 5.75 Å². The second kappa shape index (κ2) is 7.70. The standard InChI is InChI=1S/C16H24N2OS/c1-18(15-8-3-2-4-9-15)11-13-6-5-7-14(10-13)17-16(19)12-20/h5-7,10,15,20H,2-4,8-9,11-12H2,1H3,(H,17,19). The van der Waals surface area contributed by atoms with Crippen LogP contribution in [0.3, 0.4) is 0 Å². The summed E-state index contributed by atoms with van der Waals surface area (Å²) in [7, 11) is 2.20. The third kappa shape index (κ3) is 4.53. The van der Waals surface area contributed by atoms with Crippen LogP contribution in [0.4, 0.5) is 5.69 Å². The van der Waals surface area contributed by atoms with Gasteiger partial charge in [-0.15, -0.1) is 0 Å². The number of carbonyl (C=O) groups excluding carboxylic acids is 1. The molecule has 110 valence electrons. The van der Waals surface area contributed by atoms with Crippen LogP contribution in [0.15, 0.2) is 24.3 Å². The molecule has 0 spiro atoms. The molecular weight excluding hydrogens is 268 g/mol. The molecule has 1 fully saturated rings. The van der Waals surface area contributed by atoms with Gasteiger partial charge < -0.3 is 5.32 Å². The minimum atomic E-state index is -0.0638. The fraction of sp³-hybridized carbons (Fsp3) is 0.562. The van der Waals surface area contributed by atoms with E-state index < -0.39 is 0 Å². The predicted molar refractivity (Wildman–Crippen MR) is 87.3 cm³/mol. The lowest BCUT2D eigenvalue weighted by Gasteiger charge is -2.31. The summed E-state index contributed by atoms with van der Waals surface area (Å²) >= 11 is 3.98. The van der Waals surface area contributed by atoms with Crippen molar-refractivity contribution in [3.8, 4) is 0 Å². The minimum Gasteiger partial charge on any atom is -0.325 e. The summed E-state index contributed by atoms with van der Waals surface area (Å²) in [4.78, 5) is 13.8. The van der Waals surface area contributed by atoms with Gasteiger partial charge in [0.15, 0.2) is 0 Å². The largest absolute Gasteiger partial charge is 0.325 e. The monoisotopic (exact) mass is 292 g/mol. The molecule has 4 heteroatoms. The first-order chi connectivity index (χ1) is 9.69. The molecular formula is C16H24N2OS. The molecule has 1 aromatic carbocycles. The molecule has 20 heavy (non-hydrogen) atoms. The molecule has 1 N–H and O–H groups in total. The van der Waals surface area contributed by atoms with E-state index in [1.165, 1.54) is 37.7 Å². The molecule has 0 atom stereocenters. The number of carbonyl (C=O) groups is 1. The van der Waals surface area contributed by atoms with Gasteiger partial charge in [-0.05, 0) is 37.6 Å². The fourth-order valence-corrected chi connectivity index (χ4v) is 2.97. The van der Waals surface area contributed by atoms with Crippen LogP contribution in [0.5, 0.6) is 0 Å². The van der Waals surface area contributed by atoms with Crippen LogP contribution in [0.1, 0.15) is 37.7 Å². The van der Waals surface area contributed by atoms with Crippen molar-refractivity contribution in [1.82, 2.24) is 4.90 Å². The van der Waals surface area contributed by atoms with Crippen LogP contribution in [0.25, 0.3) is 0 Å². The van der Waals surface area contributed by atoms with Gasteiger partial charge in [0.25, 0.3) is 0 Å². The topological polar surface area (TPSA) is 32.3 Å². The maximum atomic E-state index is 11.4. The number of anilines is 1. The number of benzene rings is 1. The molecule has 1 aromatic rings. The molecule has 0 bridgehead atoms. The molecule has 1 amide bonds. The van der Waals surface area contributed by atoms with Crippen molar-refractivity contribution in [2.75, 3.05) is 18.1 Å². The third-order valence-electron chi connectivity index (χ3n) is 3.98. The van der Waals surface area contributed by atoms with Gasteiger partial charge in [0.1, 0.15) is 0 Å². The highest BCUT2D eigenvalue weighted by Gasteiger charge is 2.17. The minimum absolute atomic E-state index is 0.0638. The number of nitrogens with zero attached hydrogens (tertiary/aromatic N) is 1. The summed E-state index contributed by atoms with van der Waals surface area (Å²) in [5.41, 5.74) is 2.11. The van der Waals surface area contributed by atoms with Gasteiger partial charge in [0, 0.05) is 18.3 Å². The van der Waals surface area contributed by atoms with Crippen LogP contribution in [-0.2, 0) is 11.3 Å². The highest BCUT2D eigenvalue weighted by atomic mass is 32.1. The van der Waals surface area contributed by atoms with Crippen molar-refractivity contribution in [2.24, 2.45) is 0 Å². The smallest absolute Gasteiger partial charge is 0.234 e. The van der Waals surface area contributed by atoms with Gasteiger partial charge in [-0.2, -0.15) is 12.6 Å². The Balaban J connectivity index is 1.94. The Kier molecular flexibility index (Phi) is 5.92. The Hall–Kier alpha value is -1.00. The van der Waals surface area contributed by atoms with E-state index in [1.54, 1.807) is 0 Å². The molecule has 1 aliphatic rings. The van der Waals surface area contributed by atoms with E-state index in [0.29, 0.717) is 6.04 Å². The Morgan fingerprint density at radius 3 is 2.80 bits per heavy atom. The van der Waals surface area contributed by atoms with Crippen molar-refractivity contribution >= 4 is 24.2 Å². The summed E-state index contributed by atoms with van der Waals surface area (Å²) in [6.07, 6.45) is 6.72. The lowest BCUT2D eigenvalue weighted by molar-refractivity contribution is -0.113. The van der Waals surface area contributed by atoms with E-state index in [4.69, 9.17) is 0 Å². The van der Waals surface area contributed by atoms with Gasteiger partial charge in [-0.1, -0.05) is 31.4 Å². The quantitative estimate of drug-likeness (QED) is 0.816. The maximum Gasteiger partial charge on any atom is 0.234 e. The lowest BCUT2D eigenvalue weighted by atomic mass is 9.94. The number of hydrogen-bond donors (Lipinski definition) is 2. The van der Waals surface area contributed by atoms with Crippen molar-refractivity contribution in [3.63, 3.8) is 0 Å². The predicted octanol–water partition coefficient (Wildman–Crippen LogP) is 3.32. The summed E-state index contributed by atoms with van der Waals surface area (Å²) in [6.45, 7) is 0.940.